The van der Waals surface area contributed by atoms with Crippen molar-refractivity contribution < 1.29 is 32.3 Å². The van der Waals surface area contributed by atoms with Crippen LogP contribution < -0.4 is 10.2 Å². The lowest BCUT2D eigenvalue weighted by Crippen LogP contribution is -2.52. The Bertz CT molecular complexity index is 1260. The Kier molecular flexibility index (Phi) is 5.44. The average Bonchev–Trinajstić information content (AvgIpc) is 3.35. The first-order valence-corrected chi connectivity index (χ1v) is 10.8. The average molecular weight is 480 g/mol. The maximum absolute atomic E-state index is 13.9. The smallest absolute Gasteiger partial charge is 0.323 e. The molecule has 9 heteroatoms. The van der Waals surface area contributed by atoms with Crippen molar-refractivity contribution in [3.8, 4) is 0 Å². The molecular formula is C26H19F3N2O4. The second-order valence-electron chi connectivity index (χ2n) is 8.46. The number of carbonyl (C=O) groups excluding carboxylic acids is 3. The normalized spacial score (nSPS) is 22.9. The lowest BCUT2D eigenvalue weighted by atomic mass is 9.71. The van der Waals surface area contributed by atoms with Gasteiger partial charge in [-0.3, -0.25) is 19.7 Å². The van der Waals surface area contributed by atoms with Crippen LogP contribution in [0.3, 0.4) is 0 Å². The van der Waals surface area contributed by atoms with Gasteiger partial charge in [0, 0.05) is 0 Å². The fourth-order valence-corrected chi connectivity index (χ4v) is 5.20. The van der Waals surface area contributed by atoms with Crippen molar-refractivity contribution in [2.75, 3.05) is 12.0 Å². The van der Waals surface area contributed by atoms with Crippen molar-refractivity contribution in [1.82, 2.24) is 5.32 Å². The number of halogens is 3. The van der Waals surface area contributed by atoms with Gasteiger partial charge < -0.3 is 4.74 Å². The molecule has 178 valence electrons. The van der Waals surface area contributed by atoms with Crippen LogP contribution in [-0.4, -0.2) is 30.9 Å². The first-order valence-electron chi connectivity index (χ1n) is 10.8. The Morgan fingerprint density at radius 1 is 0.800 bits per heavy atom. The Morgan fingerprint density at radius 2 is 1.26 bits per heavy atom. The number of methoxy groups -OCH3 is 1. The van der Waals surface area contributed by atoms with Gasteiger partial charge in [0.05, 0.1) is 30.2 Å². The van der Waals surface area contributed by atoms with E-state index < -0.39 is 58.7 Å². The number of anilines is 1. The highest BCUT2D eigenvalue weighted by molar-refractivity contribution is 6.24. The SMILES string of the molecule is COC(=O)[C@@H]1NC(c2ccc(F)cc2)(c2ccc(F)cc2)[C@@H]2C(=O)N(c3ccc(F)cc3)C(=O)[C@H]21. The minimum atomic E-state index is -1.49. The summed E-state index contributed by atoms with van der Waals surface area (Å²) in [6.07, 6.45) is 0. The van der Waals surface area contributed by atoms with E-state index in [9.17, 15) is 27.6 Å². The molecule has 6 nitrogen and oxygen atoms in total. The molecule has 2 heterocycles. The first kappa shape index (κ1) is 22.8. The Hall–Kier alpha value is -3.98. The van der Waals surface area contributed by atoms with Gasteiger partial charge in [0.15, 0.2) is 0 Å². The van der Waals surface area contributed by atoms with Crippen molar-refractivity contribution in [1.29, 1.82) is 0 Å². The summed E-state index contributed by atoms with van der Waals surface area (Å²) in [5, 5.41) is 3.12. The van der Waals surface area contributed by atoms with Crippen LogP contribution in [0.4, 0.5) is 18.9 Å². The quantitative estimate of drug-likeness (QED) is 0.458. The van der Waals surface area contributed by atoms with Crippen molar-refractivity contribution in [3.05, 3.63) is 101 Å². The summed E-state index contributed by atoms with van der Waals surface area (Å²) in [7, 11) is 1.16. The van der Waals surface area contributed by atoms with E-state index in [1.54, 1.807) is 0 Å². The number of nitrogens with zero attached hydrogens (tertiary/aromatic N) is 1. The fourth-order valence-electron chi connectivity index (χ4n) is 5.20. The summed E-state index contributed by atoms with van der Waals surface area (Å²) in [6.45, 7) is 0. The van der Waals surface area contributed by atoms with Crippen LogP contribution in [-0.2, 0) is 24.7 Å². The summed E-state index contributed by atoms with van der Waals surface area (Å²) in [5.74, 6) is -6.02. The summed E-state index contributed by atoms with van der Waals surface area (Å²) in [6, 6.07) is 14.2. The molecule has 5 rings (SSSR count). The van der Waals surface area contributed by atoms with E-state index in [1.165, 1.54) is 60.7 Å². The van der Waals surface area contributed by atoms with Crippen LogP contribution in [0.25, 0.3) is 0 Å². The highest BCUT2D eigenvalue weighted by atomic mass is 19.1. The van der Waals surface area contributed by atoms with Crippen LogP contribution in [0, 0.1) is 29.3 Å². The van der Waals surface area contributed by atoms with Crippen LogP contribution in [0.5, 0.6) is 0 Å². The molecule has 3 atom stereocenters. The number of fused-ring (bicyclic) bond motifs is 1. The van der Waals surface area contributed by atoms with Crippen LogP contribution in [0.15, 0.2) is 72.8 Å². The predicted molar refractivity (Wildman–Crippen MR) is 118 cm³/mol. The van der Waals surface area contributed by atoms with E-state index in [-0.39, 0.29) is 5.69 Å². The first-order chi connectivity index (χ1) is 16.8. The van der Waals surface area contributed by atoms with Crippen LogP contribution in [0.1, 0.15) is 11.1 Å². The summed E-state index contributed by atoms with van der Waals surface area (Å²) < 4.78 is 46.1. The van der Waals surface area contributed by atoms with E-state index >= 15 is 0 Å². The van der Waals surface area contributed by atoms with Crippen molar-refractivity contribution in [2.45, 2.75) is 11.6 Å². The van der Waals surface area contributed by atoms with Gasteiger partial charge in [-0.2, -0.15) is 0 Å². The number of benzene rings is 3. The minimum absolute atomic E-state index is 0.145. The number of carbonyl (C=O) groups is 3. The number of nitrogens with one attached hydrogen (secondary N) is 1. The molecule has 0 unspecified atom stereocenters. The Labute approximate surface area is 198 Å². The van der Waals surface area contributed by atoms with Gasteiger partial charge in [-0.05, 0) is 59.7 Å². The number of amides is 2. The van der Waals surface area contributed by atoms with Crippen molar-refractivity contribution >= 4 is 23.5 Å². The second kappa shape index (κ2) is 8.35. The Morgan fingerprint density at radius 3 is 1.71 bits per heavy atom. The largest absolute Gasteiger partial charge is 0.468 e. The molecule has 2 amide bonds. The van der Waals surface area contributed by atoms with Gasteiger partial charge in [0.1, 0.15) is 23.5 Å². The molecule has 2 fully saturated rings. The molecule has 3 aromatic carbocycles. The molecule has 0 spiro atoms. The lowest BCUT2D eigenvalue weighted by molar-refractivity contribution is -0.145. The third kappa shape index (κ3) is 3.42. The van der Waals surface area contributed by atoms with E-state index in [2.05, 4.69) is 5.32 Å². The van der Waals surface area contributed by atoms with Gasteiger partial charge in [0.2, 0.25) is 11.8 Å². The molecule has 2 saturated heterocycles. The molecule has 2 aliphatic rings. The standard InChI is InChI=1S/C26H19F3N2O4/c1-35-25(34)22-20-21(24(33)31(23(20)32)19-12-10-18(29)11-13-19)26(30-22,14-2-6-16(27)7-3-14)15-4-8-17(28)9-5-15/h2-13,20-22,30H,1H3/t20-,21+,22-/m1/s1. The highest BCUT2D eigenvalue weighted by Gasteiger charge is 2.68. The zero-order valence-electron chi connectivity index (χ0n) is 18.4. The fraction of sp³-hybridized carbons (Fsp3) is 0.192. The molecule has 1 N–H and O–H groups in total. The van der Waals surface area contributed by atoms with Crippen LogP contribution in [0.2, 0.25) is 0 Å². The topological polar surface area (TPSA) is 75.7 Å². The van der Waals surface area contributed by atoms with Crippen molar-refractivity contribution in [3.63, 3.8) is 0 Å². The van der Waals surface area contributed by atoms with Gasteiger partial charge in [-0.1, -0.05) is 24.3 Å². The number of rotatable bonds is 4. The second-order valence-corrected chi connectivity index (χ2v) is 8.46. The number of esters is 1. The molecule has 0 radical (unpaired) electrons. The minimum Gasteiger partial charge on any atom is -0.468 e. The third-order valence-corrected chi connectivity index (χ3v) is 6.70. The highest BCUT2D eigenvalue weighted by Crippen LogP contribution is 2.52. The van der Waals surface area contributed by atoms with Gasteiger partial charge >= 0.3 is 5.97 Å². The molecule has 0 saturated carbocycles. The summed E-state index contributed by atoms with van der Waals surface area (Å²) in [4.78, 5) is 41.3. The van der Waals surface area contributed by atoms with Crippen LogP contribution >= 0.6 is 0 Å². The van der Waals surface area contributed by atoms with E-state index in [0.717, 1.165) is 24.1 Å². The van der Waals surface area contributed by atoms with Crippen molar-refractivity contribution in [2.24, 2.45) is 11.8 Å². The van der Waals surface area contributed by atoms with E-state index in [0.29, 0.717) is 11.1 Å². The number of hydrogen-bond donors (Lipinski definition) is 1. The maximum atomic E-state index is 13.9. The number of hydrogen-bond acceptors (Lipinski definition) is 5. The zero-order valence-corrected chi connectivity index (χ0v) is 18.4. The maximum Gasteiger partial charge on any atom is 0.323 e. The zero-order chi connectivity index (χ0) is 24.9. The molecule has 2 aliphatic heterocycles. The predicted octanol–water partition coefficient (Wildman–Crippen LogP) is 3.30. The lowest BCUT2D eigenvalue weighted by Gasteiger charge is -2.36. The molecule has 0 bridgehead atoms. The monoisotopic (exact) mass is 480 g/mol. The molecular weight excluding hydrogens is 461 g/mol. The van der Waals surface area contributed by atoms with Gasteiger partial charge in [-0.25, -0.2) is 18.1 Å². The molecule has 35 heavy (non-hydrogen) atoms. The summed E-state index contributed by atoms with van der Waals surface area (Å²) >= 11 is 0. The van der Waals surface area contributed by atoms with E-state index in [1.807, 2.05) is 0 Å². The van der Waals surface area contributed by atoms with E-state index in [4.69, 9.17) is 4.74 Å². The molecule has 0 aromatic heterocycles. The van der Waals surface area contributed by atoms with Gasteiger partial charge in [-0.15, -0.1) is 0 Å². The van der Waals surface area contributed by atoms with Gasteiger partial charge in [0.25, 0.3) is 0 Å². The summed E-state index contributed by atoms with van der Waals surface area (Å²) in [5.41, 5.74) is -0.554. The third-order valence-electron chi connectivity index (χ3n) is 6.70. The molecule has 0 aliphatic carbocycles. The number of ether oxygens (including phenoxy) is 1. The number of imide groups is 1. The Balaban J connectivity index is 1.75. The molecule has 3 aromatic rings.